The highest BCUT2D eigenvalue weighted by Crippen LogP contribution is 3.02. The first-order chi connectivity index (χ1) is 13.5. The molecule has 0 aliphatic heterocycles. The van der Waals surface area contributed by atoms with Crippen LogP contribution in [0.2, 0.25) is 10.0 Å². The molecule has 0 spiro atoms. The number of nitriles is 1. The maximum absolute atomic E-state index is 13.1. The number of nitrogen functional groups attached to an aromatic ring is 1. The van der Waals surface area contributed by atoms with Crippen LogP contribution < -0.4 is 14.6 Å². The molecule has 0 saturated heterocycles. The number of hydrogen-bond acceptors (Lipinski definition) is 7. The molecule has 0 unspecified atom stereocenters. The van der Waals surface area contributed by atoms with Gasteiger partial charge in [0, 0.05) is 0 Å². The Balaban J connectivity index is 2.93. The Hall–Kier alpha value is -2.04. The van der Waals surface area contributed by atoms with Gasteiger partial charge >= 0.3 is 20.4 Å². The second kappa shape index (κ2) is 6.49. The fraction of sp³-hybridized carbons (Fsp3) is 0.0909. The van der Waals surface area contributed by atoms with Gasteiger partial charge in [0.05, 0.1) is 16.3 Å². The number of sulfonamides is 1. The van der Waals surface area contributed by atoms with Crippen LogP contribution in [-0.4, -0.2) is 32.9 Å². The van der Waals surface area contributed by atoms with E-state index in [0.717, 1.165) is 0 Å². The number of anilines is 2. The van der Waals surface area contributed by atoms with E-state index >= 15 is 0 Å². The Kier molecular flexibility index (Phi) is 5.28. The first-order valence-corrected chi connectivity index (χ1v) is 13.1. The number of halogens is 7. The number of rotatable bonds is 5. The predicted octanol–water partition coefficient (Wildman–Crippen LogP) is 3.26. The minimum Gasteiger partial charge on any atom is -0.382 e. The van der Waals surface area contributed by atoms with Gasteiger partial charge in [-0.2, -0.15) is 18.8 Å². The standard InChI is InChI=1S/C11H9Cl2F5N6O4S3/c1-29(25,26)24(30(21,27)28)10-8(4-19)22-23(11(10)20)9-6(12)2-5(3-7(9)13)31(14,15,16,17)18/h2-3H,20H2,1H3,(H2,21,27,28). The van der Waals surface area contributed by atoms with Crippen LogP contribution in [0, 0.1) is 11.3 Å². The SMILES string of the molecule is CS(=O)(=O)N(c1c(C#N)nn(-c2c(Cl)cc(S(F)(F)(F)(F)F)cc2Cl)c1N)S(N)(=O)=O. The van der Waals surface area contributed by atoms with Gasteiger partial charge in [0.25, 0.3) is 0 Å². The molecule has 174 valence electrons. The molecule has 0 radical (unpaired) electrons. The van der Waals surface area contributed by atoms with Gasteiger partial charge in [-0.05, 0) is 12.1 Å². The number of hydrogen-bond donors (Lipinski definition) is 2. The monoisotopic (exact) mass is 550 g/mol. The third-order valence-electron chi connectivity index (χ3n) is 3.36. The van der Waals surface area contributed by atoms with Crippen LogP contribution >= 0.6 is 33.4 Å². The van der Waals surface area contributed by atoms with E-state index in [2.05, 4.69) is 5.10 Å². The van der Waals surface area contributed by atoms with Crippen molar-refractivity contribution in [2.45, 2.75) is 4.90 Å². The van der Waals surface area contributed by atoms with Crippen molar-refractivity contribution in [3.05, 3.63) is 27.9 Å². The van der Waals surface area contributed by atoms with Crippen molar-refractivity contribution in [2.75, 3.05) is 15.7 Å². The quantitative estimate of drug-likeness (QED) is 0.539. The van der Waals surface area contributed by atoms with Gasteiger partial charge < -0.3 is 5.73 Å². The van der Waals surface area contributed by atoms with Gasteiger partial charge in [-0.3, -0.25) is 0 Å². The molecule has 0 saturated carbocycles. The average Bonchev–Trinajstić information content (AvgIpc) is 2.79. The lowest BCUT2D eigenvalue weighted by Crippen LogP contribution is -2.41. The van der Waals surface area contributed by atoms with E-state index in [1.54, 1.807) is 0 Å². The van der Waals surface area contributed by atoms with Crippen molar-refractivity contribution in [3.8, 4) is 11.8 Å². The highest BCUT2D eigenvalue weighted by Gasteiger charge is 2.65. The molecule has 20 heteroatoms. The summed E-state index contributed by atoms with van der Waals surface area (Å²) in [5.74, 6) is -0.972. The van der Waals surface area contributed by atoms with Gasteiger partial charge in [0.15, 0.2) is 17.2 Å². The smallest absolute Gasteiger partial charge is 0.312 e. The van der Waals surface area contributed by atoms with Crippen molar-refractivity contribution in [3.63, 3.8) is 0 Å². The van der Waals surface area contributed by atoms with Crippen molar-refractivity contribution < 1.29 is 36.3 Å². The van der Waals surface area contributed by atoms with E-state index in [-0.39, 0.29) is 12.1 Å². The van der Waals surface area contributed by atoms with Crippen LogP contribution in [0.1, 0.15) is 5.69 Å². The lowest BCUT2D eigenvalue weighted by Gasteiger charge is -2.40. The Morgan fingerprint density at radius 2 is 1.58 bits per heavy atom. The minimum atomic E-state index is -10.2. The van der Waals surface area contributed by atoms with E-state index in [1.807, 2.05) is 0 Å². The first kappa shape index (κ1) is 25.2. The Morgan fingerprint density at radius 1 is 1.13 bits per heavy atom. The molecule has 1 aromatic heterocycles. The predicted molar refractivity (Wildman–Crippen MR) is 105 cm³/mol. The van der Waals surface area contributed by atoms with Crippen LogP contribution in [0.3, 0.4) is 0 Å². The molecule has 0 amide bonds. The summed E-state index contributed by atoms with van der Waals surface area (Å²) in [5.41, 5.74) is 2.82. The molecule has 10 nitrogen and oxygen atoms in total. The first-order valence-electron chi connectivity index (χ1n) is 7.04. The number of nitrogens with zero attached hydrogens (tertiary/aromatic N) is 4. The zero-order valence-electron chi connectivity index (χ0n) is 14.6. The van der Waals surface area contributed by atoms with Crippen LogP contribution in [0.25, 0.3) is 5.69 Å². The van der Waals surface area contributed by atoms with Gasteiger partial charge in [-0.15, -0.1) is 3.71 Å². The Morgan fingerprint density at radius 3 is 1.90 bits per heavy atom. The largest absolute Gasteiger partial charge is 0.382 e. The summed E-state index contributed by atoms with van der Waals surface area (Å²) in [6.45, 7) is 0. The lowest BCUT2D eigenvalue weighted by molar-refractivity contribution is 0.364. The van der Waals surface area contributed by atoms with Crippen molar-refractivity contribution in [2.24, 2.45) is 5.14 Å². The Bertz CT molecular complexity index is 1320. The molecule has 2 rings (SSSR count). The molecule has 0 aliphatic rings. The van der Waals surface area contributed by atoms with E-state index in [4.69, 9.17) is 34.1 Å². The molecule has 1 aromatic carbocycles. The second-order valence-corrected chi connectivity index (χ2v) is 12.5. The number of aromatic nitrogens is 2. The summed E-state index contributed by atoms with van der Waals surface area (Å²) in [4.78, 5) is -2.45. The zero-order valence-corrected chi connectivity index (χ0v) is 18.6. The van der Waals surface area contributed by atoms with Crippen LogP contribution in [0.15, 0.2) is 17.0 Å². The summed E-state index contributed by atoms with van der Waals surface area (Å²) in [6.07, 6.45) is 0.388. The van der Waals surface area contributed by atoms with Gasteiger partial charge in [0.1, 0.15) is 16.7 Å². The third-order valence-corrected chi connectivity index (χ3v) is 7.93. The van der Waals surface area contributed by atoms with Crippen LogP contribution in [0.4, 0.5) is 30.9 Å². The molecule has 0 bridgehead atoms. The van der Waals surface area contributed by atoms with Gasteiger partial charge in [0.2, 0.25) is 10.0 Å². The van der Waals surface area contributed by atoms with Crippen molar-refractivity contribution >= 4 is 65.2 Å². The summed E-state index contributed by atoms with van der Waals surface area (Å²) in [5, 5.41) is 15.4. The lowest BCUT2D eigenvalue weighted by atomic mass is 10.3. The van der Waals surface area contributed by atoms with Gasteiger partial charge in [-0.1, -0.05) is 42.6 Å². The molecule has 1 heterocycles. The molecule has 0 atom stereocenters. The summed E-state index contributed by atoms with van der Waals surface area (Å²) < 4.78 is 112. The highest BCUT2D eigenvalue weighted by atomic mass is 35.5. The van der Waals surface area contributed by atoms with Crippen LogP contribution in [0.5, 0.6) is 0 Å². The normalized spacial score (nSPS) is 15.1. The highest BCUT2D eigenvalue weighted by molar-refractivity contribution is 8.45. The summed E-state index contributed by atoms with van der Waals surface area (Å²) in [6, 6.07) is 0.941. The summed E-state index contributed by atoms with van der Waals surface area (Å²) >= 11 is 11.3. The van der Waals surface area contributed by atoms with Crippen LogP contribution in [-0.2, 0) is 20.2 Å². The fourth-order valence-corrected chi connectivity index (χ4v) is 6.21. The van der Waals surface area contributed by atoms with Gasteiger partial charge in [-0.25, -0.2) is 18.2 Å². The van der Waals surface area contributed by atoms with E-state index < -0.39 is 72.0 Å². The average molecular weight is 551 g/mol. The maximum atomic E-state index is 13.1. The Labute approximate surface area is 181 Å². The second-order valence-electron chi connectivity index (χ2n) is 5.82. The van der Waals surface area contributed by atoms with E-state index in [0.29, 0.717) is 10.9 Å². The zero-order chi connectivity index (χ0) is 24.4. The van der Waals surface area contributed by atoms with Crippen molar-refractivity contribution in [1.82, 2.24) is 9.78 Å². The van der Waals surface area contributed by atoms with E-state index in [1.165, 1.54) is 6.07 Å². The maximum Gasteiger partial charge on any atom is 0.312 e. The third kappa shape index (κ3) is 4.91. The van der Waals surface area contributed by atoms with E-state index in [9.17, 15) is 41.5 Å². The molecule has 31 heavy (non-hydrogen) atoms. The topological polar surface area (TPSA) is 165 Å². The summed E-state index contributed by atoms with van der Waals surface area (Å²) in [7, 11) is -20.0. The number of benzene rings is 1. The fourth-order valence-electron chi connectivity index (χ4n) is 2.30. The number of nitrogens with two attached hydrogens (primary N) is 2. The minimum absolute atomic E-state index is 0.189. The molecule has 2 aromatic rings. The molecule has 0 fully saturated rings. The van der Waals surface area contributed by atoms with Crippen molar-refractivity contribution in [1.29, 1.82) is 5.26 Å². The molecule has 4 N–H and O–H groups in total. The molecule has 0 aliphatic carbocycles. The molecular formula is C11H9Cl2F5N6O4S3. The molecular weight excluding hydrogens is 542 g/mol.